The molecule has 3 heterocycles. The van der Waals surface area contributed by atoms with Crippen molar-refractivity contribution < 1.29 is 9.53 Å². The van der Waals surface area contributed by atoms with E-state index >= 15 is 0 Å². The van der Waals surface area contributed by atoms with Gasteiger partial charge in [0.05, 0.1) is 11.4 Å². The number of hydrogen-bond donors (Lipinski definition) is 1. The molecule has 1 saturated heterocycles. The molecule has 0 bridgehead atoms. The van der Waals surface area contributed by atoms with E-state index in [-0.39, 0.29) is 12.0 Å². The molecule has 22 heavy (non-hydrogen) atoms. The Kier molecular flexibility index (Phi) is 4.80. The SMILES string of the molecule is Cc1nc(-c2ccccn2)sc1CCNC(=O)C1CCCO1. The highest BCUT2D eigenvalue weighted by atomic mass is 32.1. The van der Waals surface area contributed by atoms with Crippen molar-refractivity contribution in [2.45, 2.75) is 32.3 Å². The van der Waals surface area contributed by atoms with Crippen LogP contribution in [-0.4, -0.2) is 35.1 Å². The number of rotatable bonds is 5. The van der Waals surface area contributed by atoms with E-state index in [1.165, 1.54) is 4.88 Å². The second-order valence-corrected chi connectivity index (χ2v) is 6.37. The number of pyridine rings is 1. The molecule has 0 radical (unpaired) electrons. The number of hydrogen-bond acceptors (Lipinski definition) is 5. The van der Waals surface area contributed by atoms with Gasteiger partial charge in [-0.15, -0.1) is 11.3 Å². The third-order valence-corrected chi connectivity index (χ3v) is 4.89. The van der Waals surface area contributed by atoms with Gasteiger partial charge in [-0.2, -0.15) is 0 Å². The van der Waals surface area contributed by atoms with Gasteiger partial charge in [-0.25, -0.2) is 4.98 Å². The van der Waals surface area contributed by atoms with Crippen molar-refractivity contribution >= 4 is 17.2 Å². The number of aromatic nitrogens is 2. The van der Waals surface area contributed by atoms with Crippen LogP contribution < -0.4 is 5.32 Å². The summed E-state index contributed by atoms with van der Waals surface area (Å²) in [6, 6.07) is 5.81. The van der Waals surface area contributed by atoms with Crippen LogP contribution in [0.25, 0.3) is 10.7 Å². The second-order valence-electron chi connectivity index (χ2n) is 5.29. The number of aryl methyl sites for hydroxylation is 1. The summed E-state index contributed by atoms with van der Waals surface area (Å²) in [4.78, 5) is 22.0. The first kappa shape index (κ1) is 15.1. The van der Waals surface area contributed by atoms with Gasteiger partial charge in [-0.05, 0) is 31.9 Å². The maximum Gasteiger partial charge on any atom is 0.249 e. The number of ether oxygens (including phenoxy) is 1. The van der Waals surface area contributed by atoms with Crippen LogP contribution in [0.1, 0.15) is 23.4 Å². The van der Waals surface area contributed by atoms with Crippen molar-refractivity contribution in [2.75, 3.05) is 13.2 Å². The Bertz CT molecular complexity index is 636. The van der Waals surface area contributed by atoms with Crippen molar-refractivity contribution in [1.82, 2.24) is 15.3 Å². The molecule has 0 aliphatic carbocycles. The quantitative estimate of drug-likeness (QED) is 0.919. The molecule has 1 fully saturated rings. The molecule has 1 aliphatic rings. The van der Waals surface area contributed by atoms with Gasteiger partial charge in [0, 0.05) is 30.6 Å². The first-order chi connectivity index (χ1) is 10.7. The number of amides is 1. The van der Waals surface area contributed by atoms with Crippen molar-refractivity contribution in [2.24, 2.45) is 0 Å². The molecule has 1 aliphatic heterocycles. The minimum absolute atomic E-state index is 0.00428. The van der Waals surface area contributed by atoms with E-state index in [4.69, 9.17) is 4.74 Å². The molecule has 1 N–H and O–H groups in total. The van der Waals surface area contributed by atoms with Crippen LogP contribution in [0.4, 0.5) is 0 Å². The normalized spacial score (nSPS) is 17.6. The fraction of sp³-hybridized carbons (Fsp3) is 0.438. The molecule has 1 atom stereocenters. The van der Waals surface area contributed by atoms with E-state index in [1.54, 1.807) is 17.5 Å². The van der Waals surface area contributed by atoms with Gasteiger partial charge in [0.1, 0.15) is 11.1 Å². The van der Waals surface area contributed by atoms with E-state index in [1.807, 2.05) is 25.1 Å². The third-order valence-electron chi connectivity index (χ3n) is 3.65. The molecule has 1 unspecified atom stereocenters. The molecule has 0 saturated carbocycles. The summed E-state index contributed by atoms with van der Waals surface area (Å²) in [5, 5.41) is 3.88. The monoisotopic (exact) mass is 317 g/mol. The van der Waals surface area contributed by atoms with Crippen LogP contribution in [0.5, 0.6) is 0 Å². The number of thiazole rings is 1. The molecule has 0 spiro atoms. The molecular weight excluding hydrogens is 298 g/mol. The van der Waals surface area contributed by atoms with Crippen molar-refractivity contribution in [3.05, 3.63) is 35.0 Å². The Balaban J connectivity index is 1.57. The summed E-state index contributed by atoms with van der Waals surface area (Å²) >= 11 is 1.64. The van der Waals surface area contributed by atoms with E-state index in [2.05, 4.69) is 15.3 Å². The minimum Gasteiger partial charge on any atom is -0.368 e. The van der Waals surface area contributed by atoms with Crippen LogP contribution in [0, 0.1) is 6.92 Å². The summed E-state index contributed by atoms with van der Waals surface area (Å²) in [7, 11) is 0. The van der Waals surface area contributed by atoms with Crippen LogP contribution in [0.15, 0.2) is 24.4 Å². The molecule has 0 aromatic carbocycles. The molecular formula is C16H19N3O2S. The van der Waals surface area contributed by atoms with Gasteiger partial charge in [0.25, 0.3) is 0 Å². The van der Waals surface area contributed by atoms with Gasteiger partial charge in [-0.3, -0.25) is 9.78 Å². The predicted molar refractivity (Wildman–Crippen MR) is 85.8 cm³/mol. The fourth-order valence-corrected chi connectivity index (χ4v) is 3.50. The highest BCUT2D eigenvalue weighted by Crippen LogP contribution is 2.26. The summed E-state index contributed by atoms with van der Waals surface area (Å²) < 4.78 is 5.37. The van der Waals surface area contributed by atoms with Crippen molar-refractivity contribution in [1.29, 1.82) is 0 Å². The number of nitrogens with one attached hydrogen (secondary N) is 1. The Morgan fingerprint density at radius 3 is 3.14 bits per heavy atom. The van der Waals surface area contributed by atoms with Crippen LogP contribution >= 0.6 is 11.3 Å². The van der Waals surface area contributed by atoms with Crippen molar-refractivity contribution in [3.63, 3.8) is 0 Å². The van der Waals surface area contributed by atoms with Crippen LogP contribution in [-0.2, 0) is 16.0 Å². The molecule has 116 valence electrons. The van der Waals surface area contributed by atoms with E-state index in [9.17, 15) is 4.79 Å². The lowest BCUT2D eigenvalue weighted by atomic mass is 10.2. The first-order valence-electron chi connectivity index (χ1n) is 7.51. The Morgan fingerprint density at radius 1 is 1.50 bits per heavy atom. The fourth-order valence-electron chi connectivity index (χ4n) is 2.46. The standard InChI is InChI=1S/C16H19N3O2S/c1-11-14(7-9-18-15(20)13-6-4-10-21-13)22-16(19-11)12-5-2-3-8-17-12/h2-3,5,8,13H,4,6-7,9-10H2,1H3,(H,18,20). The molecule has 2 aromatic rings. The number of nitrogens with zero attached hydrogens (tertiary/aromatic N) is 2. The van der Waals surface area contributed by atoms with Crippen LogP contribution in [0.2, 0.25) is 0 Å². The van der Waals surface area contributed by atoms with E-state index in [0.29, 0.717) is 13.2 Å². The molecule has 2 aromatic heterocycles. The second kappa shape index (κ2) is 6.98. The molecule has 6 heteroatoms. The Labute approximate surface area is 133 Å². The maximum absolute atomic E-state index is 11.9. The highest BCUT2D eigenvalue weighted by Gasteiger charge is 2.23. The van der Waals surface area contributed by atoms with Crippen LogP contribution in [0.3, 0.4) is 0 Å². The zero-order valence-electron chi connectivity index (χ0n) is 12.5. The molecule has 3 rings (SSSR count). The average Bonchev–Trinajstić information content (AvgIpc) is 3.18. The first-order valence-corrected chi connectivity index (χ1v) is 8.32. The highest BCUT2D eigenvalue weighted by molar-refractivity contribution is 7.15. The largest absolute Gasteiger partial charge is 0.368 e. The zero-order valence-corrected chi connectivity index (χ0v) is 13.4. The van der Waals surface area contributed by atoms with Crippen molar-refractivity contribution in [3.8, 4) is 10.7 Å². The van der Waals surface area contributed by atoms with E-state index in [0.717, 1.165) is 35.7 Å². The number of carbonyl (C=O) groups excluding carboxylic acids is 1. The summed E-state index contributed by atoms with van der Waals surface area (Å²) in [6.07, 6.45) is 4.10. The maximum atomic E-state index is 11.9. The van der Waals surface area contributed by atoms with Gasteiger partial charge in [0.2, 0.25) is 5.91 Å². The Morgan fingerprint density at radius 2 is 2.41 bits per heavy atom. The lowest BCUT2D eigenvalue weighted by Crippen LogP contribution is -2.35. The average molecular weight is 317 g/mol. The predicted octanol–water partition coefficient (Wildman–Crippen LogP) is 2.35. The smallest absolute Gasteiger partial charge is 0.249 e. The molecule has 5 nitrogen and oxygen atoms in total. The molecule has 1 amide bonds. The zero-order chi connectivity index (χ0) is 15.4. The topological polar surface area (TPSA) is 64.1 Å². The summed E-state index contributed by atoms with van der Waals surface area (Å²) in [5.74, 6) is 0.00428. The summed E-state index contributed by atoms with van der Waals surface area (Å²) in [5.41, 5.74) is 1.90. The van der Waals surface area contributed by atoms with Gasteiger partial charge < -0.3 is 10.1 Å². The van der Waals surface area contributed by atoms with Gasteiger partial charge >= 0.3 is 0 Å². The lowest BCUT2D eigenvalue weighted by molar-refractivity contribution is -0.129. The third kappa shape index (κ3) is 3.51. The summed E-state index contributed by atoms with van der Waals surface area (Å²) in [6.45, 7) is 3.31. The van der Waals surface area contributed by atoms with E-state index < -0.39 is 0 Å². The lowest BCUT2D eigenvalue weighted by Gasteiger charge is -2.09. The van der Waals surface area contributed by atoms with Gasteiger partial charge in [0.15, 0.2) is 0 Å². The van der Waals surface area contributed by atoms with Gasteiger partial charge in [-0.1, -0.05) is 6.07 Å². The number of carbonyl (C=O) groups is 1. The minimum atomic E-state index is -0.258. The Hall–Kier alpha value is -1.79.